The number of ether oxygens (including phenoxy) is 1. The molecule has 0 unspecified atom stereocenters. The third-order valence-electron chi connectivity index (χ3n) is 8.65. The van der Waals surface area contributed by atoms with Gasteiger partial charge in [0.1, 0.15) is 0 Å². The van der Waals surface area contributed by atoms with Crippen molar-refractivity contribution in [3.63, 3.8) is 0 Å². The smallest absolute Gasteiger partial charge is 0.261 e. The second kappa shape index (κ2) is 10.8. The molecule has 2 aromatic heterocycles. The maximum atomic E-state index is 13.7. The number of fused-ring (bicyclic) bond motifs is 3. The lowest BCUT2D eigenvalue weighted by atomic mass is 9.82. The van der Waals surface area contributed by atoms with E-state index in [1.165, 1.54) is 0 Å². The monoisotopic (exact) mass is 588 g/mol. The van der Waals surface area contributed by atoms with Gasteiger partial charge in [-0.2, -0.15) is 0 Å². The number of benzene rings is 2. The van der Waals surface area contributed by atoms with Crippen LogP contribution in [-0.4, -0.2) is 62.7 Å². The van der Waals surface area contributed by atoms with Gasteiger partial charge in [0.15, 0.2) is 13.9 Å². The summed E-state index contributed by atoms with van der Waals surface area (Å²) >= 11 is 0. The van der Waals surface area contributed by atoms with E-state index >= 15 is 0 Å². The number of aromatic amines is 1. The lowest BCUT2D eigenvalue weighted by Crippen LogP contribution is -2.43. The minimum atomic E-state index is -2.80. The highest BCUT2D eigenvalue weighted by Gasteiger charge is 2.64. The Morgan fingerprint density at radius 3 is 2.83 bits per heavy atom. The Hall–Kier alpha value is -3.84. The minimum absolute atomic E-state index is 0.00314. The minimum Gasteiger partial charge on any atom is -0.432 e. The lowest BCUT2D eigenvalue weighted by molar-refractivity contribution is -0.143. The first kappa shape index (κ1) is 28.3. The Labute approximate surface area is 244 Å². The summed E-state index contributed by atoms with van der Waals surface area (Å²) in [6.45, 7) is 6.23. The largest absolute Gasteiger partial charge is 0.432 e. The number of anilines is 2. The molecule has 2 amide bonds. The molecule has 1 saturated heterocycles. The molecule has 4 atom stereocenters. The molecule has 11 nitrogen and oxygen atoms in total. The molecular formula is C30H36N6O5Si. The van der Waals surface area contributed by atoms with Crippen molar-refractivity contribution in [2.45, 2.75) is 63.1 Å². The van der Waals surface area contributed by atoms with Gasteiger partial charge in [-0.05, 0) is 49.3 Å². The van der Waals surface area contributed by atoms with E-state index in [0.717, 1.165) is 16.5 Å². The molecule has 12 heteroatoms. The summed E-state index contributed by atoms with van der Waals surface area (Å²) in [7, 11) is -2.80. The van der Waals surface area contributed by atoms with Crippen molar-refractivity contribution in [2.75, 3.05) is 17.2 Å². The number of aromatic nitrogens is 4. The van der Waals surface area contributed by atoms with Gasteiger partial charge in [0.2, 0.25) is 5.91 Å². The van der Waals surface area contributed by atoms with Gasteiger partial charge in [-0.3, -0.25) is 14.3 Å². The topological polar surface area (TPSA) is 154 Å². The van der Waals surface area contributed by atoms with Crippen LogP contribution in [0.1, 0.15) is 30.2 Å². The third-order valence-corrected chi connectivity index (χ3v) is 11.1. The van der Waals surface area contributed by atoms with E-state index < -0.39 is 20.0 Å². The van der Waals surface area contributed by atoms with Crippen LogP contribution in [0, 0.1) is 5.92 Å². The number of carbonyl (C=O) groups excluding carboxylic acids is 2. The number of amides is 2. The number of nitrogens with one attached hydrogen (secondary N) is 3. The van der Waals surface area contributed by atoms with Crippen LogP contribution in [0.4, 0.5) is 11.4 Å². The second-order valence-electron chi connectivity index (χ2n) is 11.9. The number of aryl methyl sites for hydroxylation is 1. The first-order chi connectivity index (χ1) is 20.1. The van der Waals surface area contributed by atoms with Crippen LogP contribution in [0.3, 0.4) is 0 Å². The number of hydrogen-bond donors (Lipinski definition) is 5. The second-order valence-corrected chi connectivity index (χ2v) is 15.9. The van der Waals surface area contributed by atoms with Crippen LogP contribution in [0.15, 0.2) is 54.9 Å². The normalized spacial score (nSPS) is 23.5. The molecule has 2 aliphatic rings. The highest BCUT2D eigenvalue weighted by Crippen LogP contribution is 2.58. The number of hydrogen-bond acceptors (Lipinski definition) is 7. The van der Waals surface area contributed by atoms with Crippen LogP contribution in [0.2, 0.25) is 18.6 Å². The Morgan fingerprint density at radius 1 is 1.24 bits per heavy atom. The van der Waals surface area contributed by atoms with Gasteiger partial charge in [0.25, 0.3) is 5.91 Å². The van der Waals surface area contributed by atoms with Crippen molar-refractivity contribution >= 4 is 42.4 Å². The Balaban J connectivity index is 1.25. The van der Waals surface area contributed by atoms with E-state index in [1.807, 2.05) is 56.5 Å². The molecule has 0 bridgehead atoms. The quantitative estimate of drug-likeness (QED) is 0.188. The molecule has 0 aliphatic carbocycles. The lowest BCUT2D eigenvalue weighted by Gasteiger charge is -2.32. The fourth-order valence-electron chi connectivity index (χ4n) is 6.84. The zero-order chi connectivity index (χ0) is 29.6. The predicted octanol–water partition coefficient (Wildman–Crippen LogP) is 3.32. The van der Waals surface area contributed by atoms with Gasteiger partial charge >= 0.3 is 0 Å². The fraction of sp³-hybridized carbons (Fsp3) is 0.400. The molecule has 220 valence electrons. The van der Waals surface area contributed by atoms with Crippen molar-refractivity contribution in [3.8, 4) is 0 Å². The van der Waals surface area contributed by atoms with Crippen molar-refractivity contribution in [1.29, 1.82) is 0 Å². The summed E-state index contributed by atoms with van der Waals surface area (Å²) in [6, 6.07) is 13.2. The summed E-state index contributed by atoms with van der Waals surface area (Å²) in [5.41, 5.74) is 2.95. The molecule has 5 N–H and O–H groups in total. The molecule has 6 rings (SSSR count). The highest BCUT2D eigenvalue weighted by molar-refractivity contribution is 6.71. The van der Waals surface area contributed by atoms with Gasteiger partial charge in [0, 0.05) is 71.3 Å². The average Bonchev–Trinajstić information content (AvgIpc) is 3.69. The number of H-pyrrole nitrogens is 1. The maximum Gasteiger partial charge on any atom is 0.261 e. The van der Waals surface area contributed by atoms with Gasteiger partial charge < -0.3 is 30.3 Å². The molecule has 0 radical (unpaired) electrons. The third kappa shape index (κ3) is 4.94. The van der Waals surface area contributed by atoms with E-state index in [4.69, 9.17) is 4.74 Å². The number of aliphatic hydroxyl groups is 1. The number of nitrogens with zero attached hydrogens (tertiary/aromatic N) is 3. The van der Waals surface area contributed by atoms with Crippen molar-refractivity contribution in [1.82, 2.24) is 20.0 Å². The van der Waals surface area contributed by atoms with E-state index in [0.29, 0.717) is 42.0 Å². The summed E-state index contributed by atoms with van der Waals surface area (Å²) in [5, 5.41) is 24.4. The SMILES string of the molecule is C[C@@H]1[C@@H]([Si](C)(C)O)[C@H](CCn2cc(CCO)nn2)O[C@@]12C(=O)Nc1ccc(NC(=O)Cc3c[nH]c4ccccc34)cc12. The molecule has 0 saturated carbocycles. The van der Waals surface area contributed by atoms with E-state index in [9.17, 15) is 19.5 Å². The van der Waals surface area contributed by atoms with Crippen LogP contribution in [0.5, 0.6) is 0 Å². The molecule has 1 spiro atoms. The summed E-state index contributed by atoms with van der Waals surface area (Å²) in [5.74, 6) is -0.739. The summed E-state index contributed by atoms with van der Waals surface area (Å²) < 4.78 is 8.42. The maximum absolute atomic E-state index is 13.7. The Morgan fingerprint density at radius 2 is 2.05 bits per heavy atom. The van der Waals surface area contributed by atoms with Gasteiger partial charge in [0.05, 0.1) is 18.2 Å². The van der Waals surface area contributed by atoms with Crippen molar-refractivity contribution in [2.24, 2.45) is 5.92 Å². The average molecular weight is 589 g/mol. The zero-order valence-electron chi connectivity index (χ0n) is 23.9. The molecule has 42 heavy (non-hydrogen) atoms. The van der Waals surface area contributed by atoms with E-state index in [2.05, 4.69) is 25.9 Å². The first-order valence-corrected chi connectivity index (χ1v) is 17.3. The molecule has 2 aromatic carbocycles. The molecule has 4 heterocycles. The van der Waals surface area contributed by atoms with Crippen LogP contribution in [-0.2, 0) is 39.3 Å². The molecule has 4 aromatic rings. The van der Waals surface area contributed by atoms with Crippen molar-refractivity contribution < 1.29 is 24.2 Å². The van der Waals surface area contributed by atoms with Crippen molar-refractivity contribution in [3.05, 3.63) is 71.7 Å². The summed E-state index contributed by atoms with van der Waals surface area (Å²) in [4.78, 5) is 41.3. The number of aliphatic hydroxyl groups excluding tert-OH is 1. The van der Waals surface area contributed by atoms with Crippen LogP contribution in [0.25, 0.3) is 10.9 Å². The van der Waals surface area contributed by atoms with Gasteiger partial charge in [-0.25, -0.2) is 0 Å². The fourth-order valence-corrected chi connectivity index (χ4v) is 9.44. The number of para-hydroxylation sites is 1. The van der Waals surface area contributed by atoms with Crippen LogP contribution < -0.4 is 10.6 Å². The molecular weight excluding hydrogens is 552 g/mol. The number of carbonyl (C=O) groups is 2. The van der Waals surface area contributed by atoms with E-state index in [1.54, 1.807) is 23.0 Å². The first-order valence-electron chi connectivity index (χ1n) is 14.3. The van der Waals surface area contributed by atoms with Gasteiger partial charge in [-0.1, -0.05) is 30.3 Å². The Kier molecular flexibility index (Phi) is 7.25. The van der Waals surface area contributed by atoms with E-state index in [-0.39, 0.29) is 36.3 Å². The predicted molar refractivity (Wildman–Crippen MR) is 160 cm³/mol. The standard InChI is InChI=1S/C30H36N6O5Si/c1-18-28(42(2,3)40)26(10-12-36-17-21(11-13-37)34-35-36)41-30(18)23-15-20(8-9-25(23)33-29(30)39)32-27(38)14-19-16-31-24-7-5-4-6-22(19)24/h4-9,15-18,26,28,31,37,40H,10-14H2,1-3H3,(H,32,38)(H,33,39)/t18-,26+,28-,30+/m1/s1. The highest BCUT2D eigenvalue weighted by atomic mass is 28.4. The molecule has 2 aliphatic heterocycles. The summed E-state index contributed by atoms with van der Waals surface area (Å²) in [6.07, 6.45) is 4.41. The van der Waals surface area contributed by atoms with Crippen LogP contribution >= 0.6 is 0 Å². The van der Waals surface area contributed by atoms with Gasteiger partial charge in [-0.15, -0.1) is 5.10 Å². The number of rotatable bonds is 9. The Bertz CT molecular complexity index is 1640. The zero-order valence-corrected chi connectivity index (χ0v) is 24.9. The molecule has 1 fully saturated rings.